The van der Waals surface area contributed by atoms with Crippen LogP contribution in [-0.4, -0.2) is 48.3 Å². The molecule has 7 heteroatoms. The number of ether oxygens (including phenoxy) is 1. The quantitative estimate of drug-likeness (QED) is 0.564. The summed E-state index contributed by atoms with van der Waals surface area (Å²) < 4.78 is 4.56. The largest absolute Gasteiger partial charge is 0.468 e. The summed E-state index contributed by atoms with van der Waals surface area (Å²) in [4.78, 5) is 39.7. The molecule has 1 fully saturated rings. The molecule has 1 aromatic rings. The van der Waals surface area contributed by atoms with Gasteiger partial charge in [-0.15, -0.1) is 0 Å². The molecule has 28 heavy (non-hydrogen) atoms. The number of nitrogens with zero attached hydrogens (tertiary/aromatic N) is 2. The molecule has 0 aliphatic carbocycles. The Morgan fingerprint density at radius 3 is 2.68 bits per heavy atom. The van der Waals surface area contributed by atoms with Crippen LogP contribution in [0.15, 0.2) is 17.0 Å². The van der Waals surface area contributed by atoms with E-state index in [-0.39, 0.29) is 12.1 Å². The Hall–Kier alpha value is -2.28. The Bertz CT molecular complexity index is 891. The zero-order valence-electron chi connectivity index (χ0n) is 17.2. The van der Waals surface area contributed by atoms with Crippen LogP contribution in [0.2, 0.25) is 0 Å². The smallest absolute Gasteiger partial charge is 0.325 e. The van der Waals surface area contributed by atoms with E-state index in [4.69, 9.17) is 0 Å². The number of hydrogen-bond acceptors (Lipinski definition) is 6. The Morgan fingerprint density at radius 2 is 2.04 bits per heavy atom. The highest BCUT2D eigenvalue weighted by molar-refractivity contribution is 8.18. The molecule has 2 aliphatic heterocycles. The van der Waals surface area contributed by atoms with E-state index in [1.165, 1.54) is 18.4 Å². The van der Waals surface area contributed by atoms with Crippen LogP contribution in [-0.2, 0) is 14.3 Å². The third-order valence-electron chi connectivity index (χ3n) is 5.70. The molecule has 0 radical (unpaired) electrons. The second kappa shape index (κ2) is 7.28. The average molecular weight is 403 g/mol. The highest BCUT2D eigenvalue weighted by atomic mass is 32.2. The lowest BCUT2D eigenvalue weighted by atomic mass is 9.79. The summed E-state index contributed by atoms with van der Waals surface area (Å²) in [6.45, 7) is 8.35. The molecule has 0 spiro atoms. The van der Waals surface area contributed by atoms with E-state index in [1.54, 1.807) is 6.08 Å². The van der Waals surface area contributed by atoms with Gasteiger partial charge in [-0.25, -0.2) is 0 Å². The Balaban J connectivity index is 1.96. The van der Waals surface area contributed by atoms with Crippen molar-refractivity contribution in [1.29, 1.82) is 0 Å². The van der Waals surface area contributed by atoms with E-state index in [0.717, 1.165) is 34.2 Å². The van der Waals surface area contributed by atoms with Gasteiger partial charge in [0.25, 0.3) is 11.1 Å². The first-order valence-electron chi connectivity index (χ1n) is 9.25. The summed E-state index contributed by atoms with van der Waals surface area (Å²) in [5, 5.41) is -0.452. The first-order chi connectivity index (χ1) is 13.0. The maximum atomic E-state index is 12.6. The molecule has 1 unspecified atom stereocenters. The third kappa shape index (κ3) is 3.55. The van der Waals surface area contributed by atoms with E-state index >= 15 is 0 Å². The maximum absolute atomic E-state index is 12.6. The number of rotatable bonds is 3. The van der Waals surface area contributed by atoms with E-state index in [2.05, 4.69) is 49.6 Å². The number of imide groups is 1. The SMILES string of the molecule is COC(=O)CN1C(=O)S/C(=C\c2cc3c(cc2C)N(C)C(C)(C)CC3C)C1=O. The number of methoxy groups -OCH3 is 1. The van der Waals surface area contributed by atoms with Gasteiger partial charge in [-0.2, -0.15) is 0 Å². The molecular formula is C21H26N2O4S. The zero-order chi connectivity index (χ0) is 20.8. The highest BCUT2D eigenvalue weighted by Crippen LogP contribution is 2.44. The van der Waals surface area contributed by atoms with Gasteiger partial charge in [0.05, 0.1) is 12.0 Å². The Labute approximate surface area is 169 Å². The summed E-state index contributed by atoms with van der Waals surface area (Å²) in [6.07, 6.45) is 2.79. The molecule has 0 N–H and O–H groups in total. The average Bonchev–Trinajstić information content (AvgIpc) is 2.88. The van der Waals surface area contributed by atoms with Gasteiger partial charge in [-0.1, -0.05) is 6.92 Å². The molecule has 0 bridgehead atoms. The van der Waals surface area contributed by atoms with Crippen molar-refractivity contribution in [3.63, 3.8) is 0 Å². The highest BCUT2D eigenvalue weighted by Gasteiger charge is 2.37. The summed E-state index contributed by atoms with van der Waals surface area (Å²) in [6, 6.07) is 4.27. The minimum Gasteiger partial charge on any atom is -0.468 e. The van der Waals surface area contributed by atoms with Crippen LogP contribution < -0.4 is 4.90 Å². The lowest BCUT2D eigenvalue weighted by Gasteiger charge is -2.45. The fourth-order valence-electron chi connectivity index (χ4n) is 3.86. The van der Waals surface area contributed by atoms with Crippen molar-refractivity contribution in [2.45, 2.75) is 45.6 Å². The maximum Gasteiger partial charge on any atom is 0.325 e. The summed E-state index contributed by atoms with van der Waals surface area (Å²) in [7, 11) is 3.34. The van der Waals surface area contributed by atoms with Gasteiger partial charge in [0.2, 0.25) is 0 Å². The first kappa shape index (κ1) is 20.5. The predicted molar refractivity (Wildman–Crippen MR) is 111 cm³/mol. The number of carbonyl (C=O) groups excluding carboxylic acids is 3. The number of anilines is 1. The van der Waals surface area contributed by atoms with Crippen molar-refractivity contribution < 1.29 is 19.1 Å². The van der Waals surface area contributed by atoms with Crippen LogP contribution in [0.4, 0.5) is 10.5 Å². The van der Waals surface area contributed by atoms with Gasteiger partial charge in [0, 0.05) is 18.3 Å². The zero-order valence-corrected chi connectivity index (χ0v) is 18.0. The van der Waals surface area contributed by atoms with Crippen LogP contribution >= 0.6 is 11.8 Å². The van der Waals surface area contributed by atoms with E-state index in [0.29, 0.717) is 10.8 Å². The molecule has 2 amide bonds. The van der Waals surface area contributed by atoms with Crippen LogP contribution in [0.3, 0.4) is 0 Å². The summed E-state index contributed by atoms with van der Waals surface area (Å²) >= 11 is 0.857. The molecule has 1 aromatic carbocycles. The van der Waals surface area contributed by atoms with Gasteiger partial charge >= 0.3 is 5.97 Å². The summed E-state index contributed by atoms with van der Waals surface area (Å²) in [5.74, 6) is -0.680. The van der Waals surface area contributed by atoms with E-state index in [9.17, 15) is 14.4 Å². The van der Waals surface area contributed by atoms with Gasteiger partial charge in [-0.05, 0) is 79.8 Å². The fourth-order valence-corrected chi connectivity index (χ4v) is 4.69. The molecule has 1 saturated heterocycles. The number of hydrogen-bond donors (Lipinski definition) is 0. The molecule has 0 saturated carbocycles. The van der Waals surface area contributed by atoms with Crippen molar-refractivity contribution in [3.05, 3.63) is 33.7 Å². The number of carbonyl (C=O) groups is 3. The number of amides is 2. The van der Waals surface area contributed by atoms with E-state index in [1.807, 2.05) is 6.92 Å². The van der Waals surface area contributed by atoms with Crippen molar-refractivity contribution in [3.8, 4) is 0 Å². The standard InChI is InChI=1S/C21H26N2O4S/c1-12-7-16-15(13(2)10-21(3,4)22(16)5)8-14(12)9-17-19(25)23(20(26)28-17)11-18(24)27-6/h7-9,13H,10-11H2,1-6H3/b17-9-. The molecule has 3 rings (SSSR count). The van der Waals surface area contributed by atoms with Crippen molar-refractivity contribution in [2.75, 3.05) is 25.6 Å². The number of aryl methyl sites for hydroxylation is 1. The van der Waals surface area contributed by atoms with Gasteiger partial charge < -0.3 is 9.64 Å². The normalized spacial score (nSPS) is 22.6. The Morgan fingerprint density at radius 1 is 1.36 bits per heavy atom. The van der Waals surface area contributed by atoms with Crippen molar-refractivity contribution in [2.24, 2.45) is 0 Å². The number of benzene rings is 1. The second-order valence-electron chi connectivity index (χ2n) is 8.09. The fraction of sp³-hybridized carbons (Fsp3) is 0.476. The number of thioether (sulfide) groups is 1. The molecule has 2 heterocycles. The van der Waals surface area contributed by atoms with Crippen LogP contribution in [0.5, 0.6) is 0 Å². The van der Waals surface area contributed by atoms with Crippen molar-refractivity contribution in [1.82, 2.24) is 4.90 Å². The lowest BCUT2D eigenvalue weighted by Crippen LogP contribution is -2.45. The van der Waals surface area contributed by atoms with Crippen LogP contribution in [0.1, 0.15) is 49.8 Å². The summed E-state index contributed by atoms with van der Waals surface area (Å²) in [5.41, 5.74) is 4.49. The van der Waals surface area contributed by atoms with Gasteiger partial charge in [0.15, 0.2) is 0 Å². The predicted octanol–water partition coefficient (Wildman–Crippen LogP) is 3.93. The number of fused-ring (bicyclic) bond motifs is 1. The monoisotopic (exact) mass is 402 g/mol. The second-order valence-corrected chi connectivity index (χ2v) is 9.08. The molecular weight excluding hydrogens is 376 g/mol. The lowest BCUT2D eigenvalue weighted by molar-refractivity contribution is -0.143. The molecule has 2 aliphatic rings. The molecule has 0 aromatic heterocycles. The molecule has 1 atom stereocenters. The van der Waals surface area contributed by atoms with Gasteiger partial charge in [0.1, 0.15) is 6.54 Å². The minimum absolute atomic E-state index is 0.0803. The van der Waals surface area contributed by atoms with Gasteiger partial charge in [-0.3, -0.25) is 19.3 Å². The van der Waals surface area contributed by atoms with Crippen molar-refractivity contribution >= 4 is 40.6 Å². The topological polar surface area (TPSA) is 66.9 Å². The molecule has 150 valence electrons. The first-order valence-corrected chi connectivity index (χ1v) is 10.1. The number of esters is 1. The molecule has 6 nitrogen and oxygen atoms in total. The Kier molecular flexibility index (Phi) is 5.32. The third-order valence-corrected chi connectivity index (χ3v) is 6.60. The van der Waals surface area contributed by atoms with Crippen LogP contribution in [0.25, 0.3) is 6.08 Å². The van der Waals surface area contributed by atoms with E-state index < -0.39 is 17.1 Å². The van der Waals surface area contributed by atoms with Crippen LogP contribution in [0, 0.1) is 6.92 Å². The minimum atomic E-state index is -0.618.